The summed E-state index contributed by atoms with van der Waals surface area (Å²) in [7, 11) is 1.94. The summed E-state index contributed by atoms with van der Waals surface area (Å²) in [6, 6.07) is 10.1. The number of carbonyl (C=O) groups excluding carboxylic acids is 1. The summed E-state index contributed by atoms with van der Waals surface area (Å²) in [6.07, 6.45) is 6.45. The summed E-state index contributed by atoms with van der Waals surface area (Å²) in [4.78, 5) is 14.4. The predicted molar refractivity (Wildman–Crippen MR) is 86.8 cm³/mol. The molecule has 1 amide bonds. The number of amides is 1. The van der Waals surface area contributed by atoms with Gasteiger partial charge in [-0.25, -0.2) is 0 Å². The normalized spacial score (nSPS) is 23.6. The Morgan fingerprint density at radius 3 is 2.43 bits per heavy atom. The van der Waals surface area contributed by atoms with E-state index in [1.807, 2.05) is 42.3 Å². The number of carbonyl (C=O) groups is 1. The molecule has 1 saturated carbocycles. The average molecular weight is 288 g/mol. The fourth-order valence-corrected chi connectivity index (χ4v) is 3.29. The summed E-state index contributed by atoms with van der Waals surface area (Å²) < 4.78 is 0. The molecule has 3 heteroatoms. The van der Waals surface area contributed by atoms with Crippen LogP contribution in [0.15, 0.2) is 30.3 Å². The zero-order chi connectivity index (χ0) is 15.2. The second-order valence-electron chi connectivity index (χ2n) is 6.31. The molecule has 2 rings (SSSR count). The van der Waals surface area contributed by atoms with Crippen molar-refractivity contribution in [1.29, 1.82) is 0 Å². The van der Waals surface area contributed by atoms with Gasteiger partial charge in [-0.2, -0.15) is 0 Å². The van der Waals surface area contributed by atoms with Crippen molar-refractivity contribution in [2.45, 2.75) is 57.5 Å². The van der Waals surface area contributed by atoms with E-state index in [1.54, 1.807) is 0 Å². The van der Waals surface area contributed by atoms with E-state index >= 15 is 0 Å². The van der Waals surface area contributed by atoms with Crippen LogP contribution in [0.2, 0.25) is 0 Å². The third kappa shape index (κ3) is 4.31. The van der Waals surface area contributed by atoms with Gasteiger partial charge in [0.15, 0.2) is 0 Å². The summed E-state index contributed by atoms with van der Waals surface area (Å²) in [5.74, 6) is 1.03. The van der Waals surface area contributed by atoms with Crippen LogP contribution in [0, 0.1) is 5.92 Å². The maximum absolute atomic E-state index is 12.4. The second kappa shape index (κ2) is 7.60. The zero-order valence-corrected chi connectivity index (χ0v) is 13.3. The van der Waals surface area contributed by atoms with Gasteiger partial charge >= 0.3 is 0 Å². The van der Waals surface area contributed by atoms with Gasteiger partial charge in [0.05, 0.1) is 0 Å². The van der Waals surface area contributed by atoms with Gasteiger partial charge in [-0.15, -0.1) is 0 Å². The van der Waals surface area contributed by atoms with E-state index in [2.05, 4.69) is 6.92 Å². The molecule has 1 aromatic carbocycles. The van der Waals surface area contributed by atoms with Crippen molar-refractivity contribution < 1.29 is 4.79 Å². The van der Waals surface area contributed by atoms with Crippen molar-refractivity contribution >= 4 is 5.91 Å². The first-order valence-electron chi connectivity index (χ1n) is 8.18. The molecule has 0 bridgehead atoms. The van der Waals surface area contributed by atoms with E-state index in [0.717, 1.165) is 24.3 Å². The standard InChI is InChI=1S/C18H28N2O/c1-3-14-9-11-16(12-10-14)20(2)18(21)13-17(19)15-7-5-4-6-8-15/h4-8,14,16-17H,3,9-13,19H2,1-2H3. The van der Waals surface area contributed by atoms with Gasteiger partial charge in [0.2, 0.25) is 5.91 Å². The number of hydrogen-bond donors (Lipinski definition) is 1. The smallest absolute Gasteiger partial charge is 0.224 e. The quantitative estimate of drug-likeness (QED) is 0.901. The van der Waals surface area contributed by atoms with Crippen LogP contribution >= 0.6 is 0 Å². The van der Waals surface area contributed by atoms with Crippen LogP contribution < -0.4 is 5.73 Å². The van der Waals surface area contributed by atoms with E-state index in [-0.39, 0.29) is 11.9 Å². The SMILES string of the molecule is CCC1CCC(N(C)C(=O)CC(N)c2ccccc2)CC1. The van der Waals surface area contributed by atoms with Crippen LogP contribution in [-0.4, -0.2) is 23.9 Å². The molecule has 116 valence electrons. The maximum Gasteiger partial charge on any atom is 0.224 e. The first-order valence-corrected chi connectivity index (χ1v) is 8.18. The van der Waals surface area contributed by atoms with Crippen molar-refractivity contribution in [2.75, 3.05) is 7.05 Å². The molecule has 1 aliphatic rings. The number of benzene rings is 1. The molecule has 0 radical (unpaired) electrons. The van der Waals surface area contributed by atoms with E-state index in [9.17, 15) is 4.79 Å². The van der Waals surface area contributed by atoms with E-state index < -0.39 is 0 Å². The summed E-state index contributed by atoms with van der Waals surface area (Å²) in [5.41, 5.74) is 7.20. The Hall–Kier alpha value is -1.35. The maximum atomic E-state index is 12.4. The van der Waals surface area contributed by atoms with Crippen LogP contribution in [0.4, 0.5) is 0 Å². The summed E-state index contributed by atoms with van der Waals surface area (Å²) >= 11 is 0. The molecule has 1 aliphatic carbocycles. The fraction of sp³-hybridized carbons (Fsp3) is 0.611. The van der Waals surface area contributed by atoms with Gasteiger partial charge < -0.3 is 10.6 Å². The molecule has 3 nitrogen and oxygen atoms in total. The Bertz CT molecular complexity index is 438. The summed E-state index contributed by atoms with van der Waals surface area (Å²) in [5, 5.41) is 0. The van der Waals surface area contributed by atoms with Gasteiger partial charge in [-0.1, -0.05) is 43.7 Å². The topological polar surface area (TPSA) is 46.3 Å². The number of nitrogens with two attached hydrogens (primary N) is 1. The van der Waals surface area contributed by atoms with Gasteiger partial charge in [-0.3, -0.25) is 4.79 Å². The lowest BCUT2D eigenvalue weighted by molar-refractivity contribution is -0.133. The first-order chi connectivity index (χ1) is 10.1. The van der Waals surface area contributed by atoms with Crippen LogP contribution in [0.1, 0.15) is 57.1 Å². The minimum atomic E-state index is -0.201. The Morgan fingerprint density at radius 1 is 1.24 bits per heavy atom. The monoisotopic (exact) mass is 288 g/mol. The van der Waals surface area contributed by atoms with E-state index in [1.165, 1.54) is 19.3 Å². The third-order valence-corrected chi connectivity index (χ3v) is 4.96. The molecular formula is C18H28N2O. The van der Waals surface area contributed by atoms with Crippen LogP contribution in [0.3, 0.4) is 0 Å². The highest BCUT2D eigenvalue weighted by Crippen LogP contribution is 2.29. The molecule has 1 unspecified atom stereocenters. The Labute approximate surface area is 128 Å². The number of hydrogen-bond acceptors (Lipinski definition) is 2. The van der Waals surface area contributed by atoms with Gasteiger partial charge in [0.1, 0.15) is 0 Å². The molecule has 1 atom stereocenters. The lowest BCUT2D eigenvalue weighted by Crippen LogP contribution is -2.40. The number of rotatable bonds is 5. The molecule has 1 fully saturated rings. The first kappa shape index (κ1) is 16.0. The Morgan fingerprint density at radius 2 is 1.86 bits per heavy atom. The minimum Gasteiger partial charge on any atom is -0.343 e. The predicted octanol–water partition coefficient (Wildman–Crippen LogP) is 3.50. The average Bonchev–Trinajstić information content (AvgIpc) is 2.55. The molecule has 21 heavy (non-hydrogen) atoms. The van der Waals surface area contributed by atoms with Crippen molar-refractivity contribution in [3.63, 3.8) is 0 Å². The van der Waals surface area contributed by atoms with Gasteiger partial charge in [-0.05, 0) is 37.2 Å². The van der Waals surface area contributed by atoms with Gasteiger partial charge in [0, 0.05) is 25.6 Å². The molecular weight excluding hydrogens is 260 g/mol. The largest absolute Gasteiger partial charge is 0.343 e. The third-order valence-electron chi connectivity index (χ3n) is 4.96. The highest BCUT2D eigenvalue weighted by Gasteiger charge is 2.26. The van der Waals surface area contributed by atoms with Crippen LogP contribution in [0.5, 0.6) is 0 Å². The van der Waals surface area contributed by atoms with E-state index in [4.69, 9.17) is 5.73 Å². The van der Waals surface area contributed by atoms with Gasteiger partial charge in [0.25, 0.3) is 0 Å². The molecule has 0 saturated heterocycles. The number of nitrogens with zero attached hydrogens (tertiary/aromatic N) is 1. The highest BCUT2D eigenvalue weighted by molar-refractivity contribution is 5.77. The molecule has 0 aliphatic heterocycles. The Balaban J connectivity index is 1.85. The molecule has 0 heterocycles. The van der Waals surface area contributed by atoms with Crippen molar-refractivity contribution in [2.24, 2.45) is 11.7 Å². The summed E-state index contributed by atoms with van der Waals surface area (Å²) in [6.45, 7) is 2.26. The fourth-order valence-electron chi connectivity index (χ4n) is 3.29. The van der Waals surface area contributed by atoms with Crippen molar-refractivity contribution in [1.82, 2.24) is 4.90 Å². The van der Waals surface area contributed by atoms with Crippen molar-refractivity contribution in [3.8, 4) is 0 Å². The Kier molecular flexibility index (Phi) is 5.80. The zero-order valence-electron chi connectivity index (χ0n) is 13.3. The second-order valence-corrected chi connectivity index (χ2v) is 6.31. The molecule has 0 spiro atoms. The molecule has 1 aromatic rings. The van der Waals surface area contributed by atoms with Crippen LogP contribution in [0.25, 0.3) is 0 Å². The van der Waals surface area contributed by atoms with Crippen molar-refractivity contribution in [3.05, 3.63) is 35.9 Å². The lowest BCUT2D eigenvalue weighted by Gasteiger charge is -2.35. The van der Waals surface area contributed by atoms with E-state index in [0.29, 0.717) is 12.5 Å². The van der Waals surface area contributed by atoms with Crippen LogP contribution in [-0.2, 0) is 4.79 Å². The minimum absolute atomic E-state index is 0.173. The highest BCUT2D eigenvalue weighted by atomic mass is 16.2. The lowest BCUT2D eigenvalue weighted by atomic mass is 9.84. The molecule has 2 N–H and O–H groups in total. The molecule has 0 aromatic heterocycles.